The standard InChI is InChI=1S/C25H42O3/c1-7-8-9-10-11-15-18-22(26)19-28-23(27)25(5,6)20(2)24(3,4)21-16-13-12-14-17-21/h12-14,16-17,20,22,26H,7-11,15,18-19H2,1-6H3. The van der Waals surface area contributed by atoms with Crippen molar-refractivity contribution in [2.24, 2.45) is 11.3 Å². The van der Waals surface area contributed by atoms with E-state index in [1.165, 1.54) is 31.2 Å². The van der Waals surface area contributed by atoms with Gasteiger partial charge in [0.15, 0.2) is 0 Å². The second-order valence-electron chi connectivity index (χ2n) is 9.34. The monoisotopic (exact) mass is 390 g/mol. The zero-order valence-electron chi connectivity index (χ0n) is 19.0. The molecule has 2 atom stereocenters. The molecule has 0 heterocycles. The Balaban J connectivity index is 2.51. The van der Waals surface area contributed by atoms with Crippen molar-refractivity contribution in [3.05, 3.63) is 35.9 Å². The number of hydrogen-bond donors (Lipinski definition) is 1. The summed E-state index contributed by atoms with van der Waals surface area (Å²) in [4.78, 5) is 12.8. The van der Waals surface area contributed by atoms with Gasteiger partial charge in [0.25, 0.3) is 0 Å². The molecule has 0 radical (unpaired) electrons. The highest BCUT2D eigenvalue weighted by molar-refractivity contribution is 5.76. The number of unbranched alkanes of at least 4 members (excludes halogenated alkanes) is 5. The Morgan fingerprint density at radius 2 is 1.57 bits per heavy atom. The van der Waals surface area contributed by atoms with Gasteiger partial charge in [-0.3, -0.25) is 4.79 Å². The lowest BCUT2D eigenvalue weighted by molar-refractivity contribution is -0.161. The molecule has 160 valence electrons. The summed E-state index contributed by atoms with van der Waals surface area (Å²) in [5.41, 5.74) is 0.409. The Labute approximate surface area is 172 Å². The zero-order valence-corrected chi connectivity index (χ0v) is 19.0. The Hall–Kier alpha value is -1.35. The molecule has 0 spiro atoms. The van der Waals surface area contributed by atoms with E-state index >= 15 is 0 Å². The molecular weight excluding hydrogens is 348 g/mol. The van der Waals surface area contributed by atoms with Gasteiger partial charge in [0.1, 0.15) is 6.61 Å². The van der Waals surface area contributed by atoms with Crippen molar-refractivity contribution in [1.29, 1.82) is 0 Å². The van der Waals surface area contributed by atoms with Crippen LogP contribution in [0.5, 0.6) is 0 Å². The van der Waals surface area contributed by atoms with Crippen molar-refractivity contribution in [2.75, 3.05) is 6.61 Å². The van der Waals surface area contributed by atoms with Gasteiger partial charge in [0, 0.05) is 0 Å². The number of rotatable bonds is 13. The highest BCUT2D eigenvalue weighted by Gasteiger charge is 2.44. The lowest BCUT2D eigenvalue weighted by atomic mass is 9.63. The van der Waals surface area contributed by atoms with Crippen molar-refractivity contribution in [2.45, 2.75) is 98.0 Å². The summed E-state index contributed by atoms with van der Waals surface area (Å²) in [6.07, 6.45) is 7.28. The van der Waals surface area contributed by atoms with Gasteiger partial charge in [-0.1, -0.05) is 96.6 Å². The minimum Gasteiger partial charge on any atom is -0.463 e. The lowest BCUT2D eigenvalue weighted by Crippen LogP contribution is -2.43. The van der Waals surface area contributed by atoms with Gasteiger partial charge in [-0.15, -0.1) is 0 Å². The first-order chi connectivity index (χ1) is 13.1. The molecule has 0 aliphatic heterocycles. The third kappa shape index (κ3) is 7.24. The highest BCUT2D eigenvalue weighted by Crippen LogP contribution is 2.43. The maximum absolute atomic E-state index is 12.8. The molecule has 1 aromatic carbocycles. The first kappa shape index (κ1) is 24.7. The quantitative estimate of drug-likeness (QED) is 0.318. The van der Waals surface area contributed by atoms with Crippen LogP contribution < -0.4 is 0 Å². The van der Waals surface area contributed by atoms with Crippen LogP contribution in [0.2, 0.25) is 0 Å². The molecule has 1 aromatic rings. The summed E-state index contributed by atoms with van der Waals surface area (Å²) < 4.78 is 5.53. The van der Waals surface area contributed by atoms with E-state index in [-0.39, 0.29) is 23.9 Å². The van der Waals surface area contributed by atoms with Crippen molar-refractivity contribution in [3.63, 3.8) is 0 Å². The van der Waals surface area contributed by atoms with E-state index < -0.39 is 11.5 Å². The number of benzene rings is 1. The summed E-state index contributed by atoms with van der Waals surface area (Å²) >= 11 is 0. The summed E-state index contributed by atoms with van der Waals surface area (Å²) in [7, 11) is 0. The second-order valence-corrected chi connectivity index (χ2v) is 9.34. The number of carbonyl (C=O) groups excluding carboxylic acids is 1. The van der Waals surface area contributed by atoms with Crippen LogP contribution in [0, 0.1) is 11.3 Å². The van der Waals surface area contributed by atoms with E-state index in [4.69, 9.17) is 4.74 Å². The fourth-order valence-corrected chi connectivity index (χ4v) is 3.80. The molecule has 2 unspecified atom stereocenters. The predicted molar refractivity (Wildman–Crippen MR) is 117 cm³/mol. The van der Waals surface area contributed by atoms with Crippen molar-refractivity contribution < 1.29 is 14.6 Å². The van der Waals surface area contributed by atoms with Crippen molar-refractivity contribution in [1.82, 2.24) is 0 Å². The van der Waals surface area contributed by atoms with Crippen molar-refractivity contribution >= 4 is 5.97 Å². The Bertz CT molecular complexity index is 562. The highest BCUT2D eigenvalue weighted by atomic mass is 16.5. The van der Waals surface area contributed by atoms with Gasteiger partial charge in [0.2, 0.25) is 0 Å². The van der Waals surface area contributed by atoms with Crippen LogP contribution in [0.3, 0.4) is 0 Å². The molecule has 0 bridgehead atoms. The molecule has 0 aliphatic rings. The smallest absolute Gasteiger partial charge is 0.311 e. The van der Waals surface area contributed by atoms with Crippen LogP contribution in [-0.4, -0.2) is 23.8 Å². The summed E-state index contributed by atoms with van der Waals surface area (Å²) in [6.45, 7) is 12.7. The first-order valence-electron chi connectivity index (χ1n) is 11.0. The van der Waals surface area contributed by atoms with E-state index in [2.05, 4.69) is 39.8 Å². The van der Waals surface area contributed by atoms with Crippen LogP contribution in [-0.2, 0) is 14.9 Å². The van der Waals surface area contributed by atoms with Gasteiger partial charge in [-0.2, -0.15) is 0 Å². The van der Waals surface area contributed by atoms with Crippen LogP contribution in [0.25, 0.3) is 0 Å². The van der Waals surface area contributed by atoms with Crippen LogP contribution in [0.15, 0.2) is 30.3 Å². The third-order valence-corrected chi connectivity index (χ3v) is 6.51. The molecule has 0 saturated carbocycles. The summed E-state index contributed by atoms with van der Waals surface area (Å²) in [6, 6.07) is 10.3. The third-order valence-electron chi connectivity index (χ3n) is 6.51. The Morgan fingerprint density at radius 1 is 1.00 bits per heavy atom. The first-order valence-corrected chi connectivity index (χ1v) is 11.0. The van der Waals surface area contributed by atoms with E-state index in [1.54, 1.807) is 0 Å². The molecule has 3 nitrogen and oxygen atoms in total. The minimum absolute atomic E-state index is 0.0746. The number of hydrogen-bond acceptors (Lipinski definition) is 3. The lowest BCUT2D eigenvalue weighted by Gasteiger charge is -2.41. The predicted octanol–water partition coefficient (Wildman–Crippen LogP) is 6.28. The Kier molecular flexibility index (Phi) is 10.2. The SMILES string of the molecule is CCCCCCCCC(O)COC(=O)C(C)(C)C(C)C(C)(C)c1ccccc1. The molecule has 0 aromatic heterocycles. The summed E-state index contributed by atoms with van der Waals surface area (Å²) in [5.74, 6) is -0.156. The Morgan fingerprint density at radius 3 is 2.18 bits per heavy atom. The van der Waals surface area contributed by atoms with E-state index in [1.807, 2.05) is 32.0 Å². The maximum atomic E-state index is 12.8. The number of ether oxygens (including phenoxy) is 1. The van der Waals surface area contributed by atoms with Gasteiger partial charge in [-0.25, -0.2) is 0 Å². The maximum Gasteiger partial charge on any atom is 0.311 e. The average Bonchev–Trinajstić information content (AvgIpc) is 2.68. The summed E-state index contributed by atoms with van der Waals surface area (Å²) in [5, 5.41) is 10.2. The van der Waals surface area contributed by atoms with Gasteiger partial charge in [0.05, 0.1) is 11.5 Å². The van der Waals surface area contributed by atoms with Gasteiger partial charge >= 0.3 is 5.97 Å². The molecule has 0 fully saturated rings. The fourth-order valence-electron chi connectivity index (χ4n) is 3.80. The van der Waals surface area contributed by atoms with Crippen molar-refractivity contribution in [3.8, 4) is 0 Å². The molecule has 0 aliphatic carbocycles. The molecule has 0 amide bonds. The van der Waals surface area contributed by atoms with Gasteiger partial charge < -0.3 is 9.84 Å². The molecule has 1 N–H and O–H groups in total. The molecule has 28 heavy (non-hydrogen) atoms. The minimum atomic E-state index is -0.640. The largest absolute Gasteiger partial charge is 0.463 e. The van der Waals surface area contributed by atoms with E-state index in [0.29, 0.717) is 6.42 Å². The number of carbonyl (C=O) groups is 1. The number of esters is 1. The fraction of sp³-hybridized carbons (Fsp3) is 0.720. The normalized spacial score (nSPS) is 14.5. The molecule has 1 rings (SSSR count). The molecular formula is C25H42O3. The van der Waals surface area contributed by atoms with Crippen LogP contribution in [0.4, 0.5) is 0 Å². The topological polar surface area (TPSA) is 46.5 Å². The number of aliphatic hydroxyl groups excluding tert-OH is 1. The van der Waals surface area contributed by atoms with E-state index in [9.17, 15) is 9.90 Å². The van der Waals surface area contributed by atoms with E-state index in [0.717, 1.165) is 12.8 Å². The molecule has 3 heteroatoms. The second kappa shape index (κ2) is 11.6. The van der Waals surface area contributed by atoms with Crippen LogP contribution >= 0.6 is 0 Å². The molecule has 0 saturated heterocycles. The number of aliphatic hydroxyl groups is 1. The van der Waals surface area contributed by atoms with Crippen LogP contribution in [0.1, 0.15) is 92.1 Å². The average molecular weight is 391 g/mol. The van der Waals surface area contributed by atoms with Gasteiger partial charge in [-0.05, 0) is 37.2 Å². The zero-order chi connectivity index (χ0) is 21.2.